The summed E-state index contributed by atoms with van der Waals surface area (Å²) < 4.78 is 4.69. The van der Waals surface area contributed by atoms with E-state index in [1.54, 1.807) is 0 Å². The maximum absolute atomic E-state index is 11.6. The van der Waals surface area contributed by atoms with Crippen molar-refractivity contribution in [3.05, 3.63) is 0 Å². The van der Waals surface area contributed by atoms with E-state index in [1.165, 1.54) is 0 Å². The van der Waals surface area contributed by atoms with Crippen LogP contribution in [0.1, 0.15) is 12.8 Å². The van der Waals surface area contributed by atoms with Gasteiger partial charge in [0.1, 0.15) is 18.2 Å². The number of nitrogens with zero attached hydrogens (tertiary/aromatic N) is 1. The zero-order chi connectivity index (χ0) is 16.4. The van der Waals surface area contributed by atoms with Crippen molar-refractivity contribution < 1.29 is 29.6 Å². The van der Waals surface area contributed by atoms with Crippen LogP contribution in [-0.2, 0) is 14.3 Å². The number of guanidine groups is 1. The number of hydrogen-bond acceptors (Lipinski definition) is 8. The summed E-state index contributed by atoms with van der Waals surface area (Å²) in [5.74, 6) is -0.991. The van der Waals surface area contributed by atoms with Gasteiger partial charge in [0.25, 0.3) is 0 Å². The fourth-order valence-corrected chi connectivity index (χ4v) is 1.36. The molecule has 0 spiro atoms. The minimum Gasteiger partial charge on any atom is -0.451 e. The quantitative estimate of drug-likeness (QED) is 0.0770. The zero-order valence-corrected chi connectivity index (χ0v) is 11.5. The second kappa shape index (κ2) is 10.0. The van der Waals surface area contributed by atoms with Gasteiger partial charge in [-0.25, -0.2) is 0 Å². The Bertz CT molecular complexity index is 361. The summed E-state index contributed by atoms with van der Waals surface area (Å²) in [6.07, 6.45) is -4.17. The third-order valence-corrected chi connectivity index (χ3v) is 2.57. The number of esters is 1. The molecule has 0 saturated carbocycles. The lowest BCUT2D eigenvalue weighted by atomic mass is 10.1. The number of hydrogen-bond donors (Lipinski definition) is 6. The fraction of sp³-hybridized carbons (Fsp3) is 0.727. The SMILES string of the molecule is NC(N)=NCCC[C@H](N)C(=O)O[C@@H](C=O)[C@@H](O)[C@H](O)CO. The summed E-state index contributed by atoms with van der Waals surface area (Å²) >= 11 is 0. The van der Waals surface area contributed by atoms with Gasteiger partial charge in [0.2, 0.25) is 0 Å². The Kier molecular flexibility index (Phi) is 9.21. The number of aliphatic hydroxyl groups is 3. The van der Waals surface area contributed by atoms with Gasteiger partial charge in [0.15, 0.2) is 18.3 Å². The molecule has 0 bridgehead atoms. The van der Waals surface area contributed by atoms with Crippen molar-refractivity contribution in [1.82, 2.24) is 0 Å². The van der Waals surface area contributed by atoms with E-state index in [-0.39, 0.29) is 25.2 Å². The molecule has 0 fully saturated rings. The molecule has 122 valence electrons. The molecular weight excluding hydrogens is 284 g/mol. The Morgan fingerprint density at radius 3 is 2.43 bits per heavy atom. The maximum Gasteiger partial charge on any atom is 0.323 e. The van der Waals surface area contributed by atoms with Crippen LogP contribution in [0.25, 0.3) is 0 Å². The first-order valence-electron chi connectivity index (χ1n) is 6.27. The van der Waals surface area contributed by atoms with Gasteiger partial charge in [-0.05, 0) is 12.8 Å². The number of ether oxygens (including phenoxy) is 1. The van der Waals surface area contributed by atoms with E-state index in [0.717, 1.165) is 0 Å². The van der Waals surface area contributed by atoms with Crippen molar-refractivity contribution in [3.63, 3.8) is 0 Å². The molecule has 4 atom stereocenters. The largest absolute Gasteiger partial charge is 0.451 e. The molecule has 0 saturated heterocycles. The third-order valence-electron chi connectivity index (χ3n) is 2.57. The molecule has 9 N–H and O–H groups in total. The van der Waals surface area contributed by atoms with E-state index in [2.05, 4.69) is 9.73 Å². The highest BCUT2D eigenvalue weighted by molar-refractivity contribution is 5.78. The number of carbonyl (C=O) groups is 2. The number of carbonyl (C=O) groups excluding carboxylic acids is 2. The zero-order valence-electron chi connectivity index (χ0n) is 11.5. The van der Waals surface area contributed by atoms with Crippen LogP contribution < -0.4 is 17.2 Å². The normalized spacial score (nSPS) is 16.4. The van der Waals surface area contributed by atoms with E-state index in [1.807, 2.05) is 0 Å². The van der Waals surface area contributed by atoms with Crippen LogP contribution in [0.4, 0.5) is 0 Å². The Morgan fingerprint density at radius 1 is 1.33 bits per heavy atom. The standard InChI is InChI=1S/C11H22N4O6/c12-6(2-1-3-15-11(13)14)10(20)21-8(5-17)9(19)7(18)4-16/h5-9,16,18-19H,1-4,12H2,(H4,13,14,15)/t6-,7+,8-,9-/m0/s1. The molecular formula is C11H22N4O6. The fourth-order valence-electron chi connectivity index (χ4n) is 1.36. The predicted octanol–water partition coefficient (Wildman–Crippen LogP) is -3.81. The highest BCUT2D eigenvalue weighted by atomic mass is 16.6. The average Bonchev–Trinajstić information content (AvgIpc) is 2.46. The molecule has 10 heteroatoms. The van der Waals surface area contributed by atoms with Crippen molar-refractivity contribution in [2.75, 3.05) is 13.2 Å². The van der Waals surface area contributed by atoms with Gasteiger partial charge in [-0.1, -0.05) is 0 Å². The molecule has 0 amide bonds. The average molecular weight is 306 g/mol. The molecule has 0 heterocycles. The first kappa shape index (κ1) is 19.2. The summed E-state index contributed by atoms with van der Waals surface area (Å²) in [7, 11) is 0. The number of aliphatic hydroxyl groups excluding tert-OH is 3. The summed E-state index contributed by atoms with van der Waals surface area (Å²) in [5.41, 5.74) is 15.8. The molecule has 0 radical (unpaired) electrons. The van der Waals surface area contributed by atoms with E-state index >= 15 is 0 Å². The molecule has 0 aromatic carbocycles. The van der Waals surface area contributed by atoms with Crippen molar-refractivity contribution in [1.29, 1.82) is 0 Å². The first-order chi connectivity index (χ1) is 9.83. The van der Waals surface area contributed by atoms with Gasteiger partial charge in [0.05, 0.1) is 6.61 Å². The van der Waals surface area contributed by atoms with Crippen molar-refractivity contribution in [2.24, 2.45) is 22.2 Å². The Hall–Kier alpha value is -1.75. The van der Waals surface area contributed by atoms with E-state index < -0.39 is 36.9 Å². The van der Waals surface area contributed by atoms with Crippen LogP contribution in [0.5, 0.6) is 0 Å². The van der Waals surface area contributed by atoms with Crippen LogP contribution >= 0.6 is 0 Å². The van der Waals surface area contributed by atoms with Gasteiger partial charge in [-0.3, -0.25) is 14.6 Å². The Morgan fingerprint density at radius 2 is 1.95 bits per heavy atom. The van der Waals surface area contributed by atoms with Crippen LogP contribution in [0.2, 0.25) is 0 Å². The van der Waals surface area contributed by atoms with Gasteiger partial charge < -0.3 is 37.3 Å². The summed E-state index contributed by atoms with van der Waals surface area (Å²) in [4.78, 5) is 26.1. The maximum atomic E-state index is 11.6. The van der Waals surface area contributed by atoms with Gasteiger partial charge in [-0.2, -0.15) is 0 Å². The minimum atomic E-state index is -1.73. The molecule has 10 nitrogen and oxygen atoms in total. The van der Waals surface area contributed by atoms with E-state index in [9.17, 15) is 19.8 Å². The smallest absolute Gasteiger partial charge is 0.323 e. The summed E-state index contributed by atoms with van der Waals surface area (Å²) in [6, 6.07) is -1.03. The minimum absolute atomic E-state index is 0.0757. The first-order valence-corrected chi connectivity index (χ1v) is 6.27. The van der Waals surface area contributed by atoms with Crippen molar-refractivity contribution >= 4 is 18.2 Å². The van der Waals surface area contributed by atoms with Crippen LogP contribution in [0, 0.1) is 0 Å². The molecule has 0 aliphatic carbocycles. The topological polar surface area (TPSA) is 194 Å². The lowest BCUT2D eigenvalue weighted by Crippen LogP contribution is -2.45. The molecule has 0 unspecified atom stereocenters. The van der Waals surface area contributed by atoms with Crippen molar-refractivity contribution in [3.8, 4) is 0 Å². The Balaban J connectivity index is 4.30. The summed E-state index contributed by atoms with van der Waals surface area (Å²) in [5, 5.41) is 27.3. The number of nitrogens with two attached hydrogens (primary N) is 3. The van der Waals surface area contributed by atoms with Crippen LogP contribution in [0.15, 0.2) is 4.99 Å². The highest BCUT2D eigenvalue weighted by Crippen LogP contribution is 2.06. The van der Waals surface area contributed by atoms with Gasteiger partial charge in [0, 0.05) is 6.54 Å². The predicted molar refractivity (Wildman–Crippen MR) is 72.9 cm³/mol. The molecule has 0 aromatic rings. The van der Waals surface area contributed by atoms with Crippen molar-refractivity contribution in [2.45, 2.75) is 37.2 Å². The van der Waals surface area contributed by atoms with Gasteiger partial charge >= 0.3 is 5.97 Å². The molecule has 0 rings (SSSR count). The lowest BCUT2D eigenvalue weighted by molar-refractivity contribution is -0.165. The molecule has 21 heavy (non-hydrogen) atoms. The van der Waals surface area contributed by atoms with Crippen LogP contribution in [-0.4, -0.2) is 71.0 Å². The van der Waals surface area contributed by atoms with E-state index in [4.69, 9.17) is 22.3 Å². The van der Waals surface area contributed by atoms with Crippen LogP contribution in [0.3, 0.4) is 0 Å². The van der Waals surface area contributed by atoms with Gasteiger partial charge in [-0.15, -0.1) is 0 Å². The lowest BCUT2D eigenvalue weighted by Gasteiger charge is -2.22. The second-order valence-electron chi connectivity index (χ2n) is 4.33. The summed E-state index contributed by atoms with van der Waals surface area (Å²) in [6.45, 7) is -0.500. The number of rotatable bonds is 10. The third kappa shape index (κ3) is 7.56. The monoisotopic (exact) mass is 306 g/mol. The Labute approximate surface area is 121 Å². The second-order valence-corrected chi connectivity index (χ2v) is 4.33. The molecule has 0 aliphatic rings. The molecule has 0 aromatic heterocycles. The number of aliphatic imine (C=N–C) groups is 1. The number of aldehydes is 1. The van der Waals surface area contributed by atoms with E-state index in [0.29, 0.717) is 6.42 Å². The highest BCUT2D eigenvalue weighted by Gasteiger charge is 2.30. The molecule has 0 aliphatic heterocycles.